The average Bonchev–Trinajstić information content (AvgIpc) is 3.09. The van der Waals surface area contributed by atoms with Gasteiger partial charge in [0.05, 0.1) is 5.75 Å². The van der Waals surface area contributed by atoms with Crippen LogP contribution in [-0.2, 0) is 4.79 Å². The Morgan fingerprint density at radius 1 is 1.38 bits per heavy atom. The van der Waals surface area contributed by atoms with Gasteiger partial charge in [0.15, 0.2) is 6.10 Å². The van der Waals surface area contributed by atoms with E-state index in [1.165, 1.54) is 30.3 Å². The van der Waals surface area contributed by atoms with E-state index in [0.29, 0.717) is 5.75 Å². The monoisotopic (exact) mass is 380 g/mol. The zero-order chi connectivity index (χ0) is 18.9. The van der Waals surface area contributed by atoms with Crippen molar-refractivity contribution in [3.8, 4) is 5.75 Å². The summed E-state index contributed by atoms with van der Waals surface area (Å²) in [7, 11) is 0. The number of hydrogen-bond donors (Lipinski definition) is 2. The number of carbonyl (C=O) groups excluding carboxylic acids is 2. The molecule has 0 saturated heterocycles. The molecule has 0 unspecified atom stereocenters. The van der Waals surface area contributed by atoms with Gasteiger partial charge in [-0.2, -0.15) is 0 Å². The summed E-state index contributed by atoms with van der Waals surface area (Å²) in [5.41, 5.74) is 0. The van der Waals surface area contributed by atoms with E-state index < -0.39 is 18.0 Å². The smallest absolute Gasteiger partial charge is 0.321 e. The Bertz CT molecular complexity index is 766. The van der Waals surface area contributed by atoms with E-state index in [0.717, 1.165) is 11.8 Å². The number of rotatable bonds is 8. The maximum Gasteiger partial charge on any atom is 0.321 e. The summed E-state index contributed by atoms with van der Waals surface area (Å²) >= 11 is 0.983. The zero-order valence-electron chi connectivity index (χ0n) is 13.9. The Morgan fingerprint density at radius 2 is 2.12 bits per heavy atom. The number of carbonyl (C=O) groups is 2. The molecule has 2 N–H and O–H groups in total. The number of amides is 3. The van der Waals surface area contributed by atoms with E-state index in [9.17, 15) is 14.0 Å². The first-order valence-corrected chi connectivity index (χ1v) is 8.53. The van der Waals surface area contributed by atoms with Crippen molar-refractivity contribution >= 4 is 23.7 Å². The number of thioether (sulfide) groups is 1. The number of urea groups is 1. The third-order valence-electron chi connectivity index (χ3n) is 2.88. The second-order valence-corrected chi connectivity index (χ2v) is 5.88. The summed E-state index contributed by atoms with van der Waals surface area (Å²) in [6, 6.07) is 4.92. The van der Waals surface area contributed by atoms with Crippen molar-refractivity contribution in [3.63, 3.8) is 0 Å². The first-order valence-electron chi connectivity index (χ1n) is 7.55. The lowest BCUT2D eigenvalue weighted by molar-refractivity contribution is -0.117. The number of nitrogens with zero attached hydrogens (tertiary/aromatic N) is 2. The summed E-state index contributed by atoms with van der Waals surface area (Å²) < 4.78 is 23.9. The molecule has 0 bridgehead atoms. The van der Waals surface area contributed by atoms with Crippen LogP contribution in [0.25, 0.3) is 0 Å². The Morgan fingerprint density at radius 3 is 2.81 bits per heavy atom. The highest BCUT2D eigenvalue weighted by Crippen LogP contribution is 2.23. The lowest BCUT2D eigenvalue weighted by atomic mass is 10.3. The van der Waals surface area contributed by atoms with Crippen LogP contribution in [0.4, 0.5) is 9.18 Å². The normalized spacial score (nSPS) is 11.5. The molecule has 3 amide bonds. The average molecular weight is 380 g/mol. The van der Waals surface area contributed by atoms with Gasteiger partial charge in [-0.25, -0.2) is 9.18 Å². The molecule has 0 spiro atoms. The first kappa shape index (κ1) is 19.4. The molecule has 0 aliphatic heterocycles. The quantitative estimate of drug-likeness (QED) is 0.535. The lowest BCUT2D eigenvalue weighted by Crippen LogP contribution is -2.40. The van der Waals surface area contributed by atoms with Crippen LogP contribution in [0.15, 0.2) is 46.6 Å². The molecule has 8 nitrogen and oxygen atoms in total. The van der Waals surface area contributed by atoms with Crippen LogP contribution in [-0.4, -0.2) is 34.4 Å². The molecule has 138 valence electrons. The predicted octanol–water partition coefficient (Wildman–Crippen LogP) is 2.45. The molecule has 2 rings (SSSR count). The molecule has 2 aromatic rings. The van der Waals surface area contributed by atoms with Gasteiger partial charge in [-0.1, -0.05) is 17.8 Å². The molecule has 1 aromatic carbocycles. The fourth-order valence-electron chi connectivity index (χ4n) is 1.71. The van der Waals surface area contributed by atoms with E-state index in [1.807, 2.05) is 0 Å². The number of benzene rings is 1. The molecule has 26 heavy (non-hydrogen) atoms. The second-order valence-electron chi connectivity index (χ2n) is 4.96. The molecular weight excluding hydrogens is 363 g/mol. The van der Waals surface area contributed by atoms with E-state index in [2.05, 4.69) is 27.4 Å². The minimum Gasteiger partial charge on any atom is -0.481 e. The number of aromatic nitrogens is 2. The summed E-state index contributed by atoms with van der Waals surface area (Å²) in [4.78, 5) is 23.0. The van der Waals surface area contributed by atoms with Crippen molar-refractivity contribution in [3.05, 3.63) is 48.6 Å². The topological polar surface area (TPSA) is 106 Å². The van der Waals surface area contributed by atoms with Gasteiger partial charge >= 0.3 is 6.03 Å². The molecule has 0 radical (unpaired) electrons. The van der Waals surface area contributed by atoms with Crippen LogP contribution in [0, 0.1) is 5.82 Å². The fraction of sp³-hybridized carbons (Fsp3) is 0.250. The summed E-state index contributed by atoms with van der Waals surface area (Å²) in [5.74, 6) is -0.280. The number of halogens is 1. The van der Waals surface area contributed by atoms with E-state index in [1.54, 1.807) is 6.92 Å². The summed E-state index contributed by atoms with van der Waals surface area (Å²) in [6.45, 7) is 5.40. The van der Waals surface area contributed by atoms with Crippen LogP contribution in [0.5, 0.6) is 5.75 Å². The summed E-state index contributed by atoms with van der Waals surface area (Å²) in [6.07, 6.45) is 0.939. The minimum absolute atomic E-state index is 0.0731. The van der Waals surface area contributed by atoms with Gasteiger partial charge in [0, 0.05) is 6.54 Å². The Balaban J connectivity index is 1.81. The SMILES string of the molecule is C=CCNC(=O)NC(=O)CSc1nnc([C@H](C)Oc2ccc(F)cc2)o1. The number of imide groups is 1. The van der Waals surface area contributed by atoms with E-state index in [4.69, 9.17) is 9.15 Å². The van der Waals surface area contributed by atoms with Gasteiger partial charge in [-0.3, -0.25) is 10.1 Å². The highest BCUT2D eigenvalue weighted by molar-refractivity contribution is 7.99. The van der Waals surface area contributed by atoms with Crippen LogP contribution < -0.4 is 15.4 Å². The van der Waals surface area contributed by atoms with Crippen LogP contribution >= 0.6 is 11.8 Å². The van der Waals surface area contributed by atoms with Crippen LogP contribution in [0.2, 0.25) is 0 Å². The minimum atomic E-state index is -0.608. The van der Waals surface area contributed by atoms with Crippen molar-refractivity contribution in [1.29, 1.82) is 0 Å². The lowest BCUT2D eigenvalue weighted by Gasteiger charge is -2.10. The number of hydrogen-bond acceptors (Lipinski definition) is 7. The number of nitrogens with one attached hydrogen (secondary N) is 2. The maximum absolute atomic E-state index is 12.9. The number of ether oxygens (including phenoxy) is 1. The van der Waals surface area contributed by atoms with Gasteiger partial charge in [-0.15, -0.1) is 16.8 Å². The molecule has 10 heteroatoms. The Hall–Kier alpha value is -2.88. The molecule has 0 aliphatic rings. The summed E-state index contributed by atoms with van der Waals surface area (Å²) in [5, 5.41) is 12.4. The molecule has 0 fully saturated rings. The highest BCUT2D eigenvalue weighted by Gasteiger charge is 2.17. The van der Waals surface area contributed by atoms with Crippen LogP contribution in [0.3, 0.4) is 0 Å². The molecular formula is C16H17FN4O4S. The zero-order valence-corrected chi connectivity index (χ0v) is 14.7. The van der Waals surface area contributed by atoms with Gasteiger partial charge < -0.3 is 14.5 Å². The largest absolute Gasteiger partial charge is 0.481 e. The third kappa shape index (κ3) is 6.20. The molecule has 1 aromatic heterocycles. The van der Waals surface area contributed by atoms with Crippen molar-refractivity contribution in [2.45, 2.75) is 18.3 Å². The Kier molecular flexibility index (Phi) is 7.15. The Labute approximate surface area is 153 Å². The fourth-order valence-corrected chi connectivity index (χ4v) is 2.28. The van der Waals surface area contributed by atoms with Crippen LogP contribution in [0.1, 0.15) is 18.9 Å². The van der Waals surface area contributed by atoms with Gasteiger partial charge in [0.2, 0.25) is 5.91 Å². The predicted molar refractivity (Wildman–Crippen MR) is 92.2 cm³/mol. The van der Waals surface area contributed by atoms with Crippen molar-refractivity contribution in [2.75, 3.05) is 12.3 Å². The van der Waals surface area contributed by atoms with Gasteiger partial charge in [0.1, 0.15) is 11.6 Å². The second kappa shape index (κ2) is 9.56. The molecule has 0 saturated carbocycles. The first-order chi connectivity index (χ1) is 12.5. The maximum atomic E-state index is 12.9. The van der Waals surface area contributed by atoms with Gasteiger partial charge in [0.25, 0.3) is 11.1 Å². The molecule has 1 atom stereocenters. The van der Waals surface area contributed by atoms with E-state index >= 15 is 0 Å². The van der Waals surface area contributed by atoms with Crippen molar-refractivity contribution in [1.82, 2.24) is 20.8 Å². The van der Waals surface area contributed by atoms with Gasteiger partial charge in [-0.05, 0) is 31.2 Å². The standard InChI is InChI=1S/C16H17FN4O4S/c1-3-8-18-15(23)19-13(22)9-26-16-21-20-14(25-16)10(2)24-12-6-4-11(17)5-7-12/h3-7,10H,1,8-9H2,2H3,(H2,18,19,22,23)/t10-/m0/s1. The van der Waals surface area contributed by atoms with Crippen molar-refractivity contribution < 1.29 is 23.1 Å². The molecule has 1 heterocycles. The molecule has 0 aliphatic carbocycles. The van der Waals surface area contributed by atoms with Crippen molar-refractivity contribution in [2.24, 2.45) is 0 Å². The third-order valence-corrected chi connectivity index (χ3v) is 3.70. The van der Waals surface area contributed by atoms with E-state index in [-0.39, 0.29) is 29.2 Å². The highest BCUT2D eigenvalue weighted by atomic mass is 32.2.